The molecule has 1 aliphatic heterocycles. The molecule has 124 valence electrons. The standard InChI is InChI=1S/C16H26N2O3S/c1-4-10-16(11-5-2)18(12-13-21-16)22(19,20)15-8-6-14(17-3)7-9-15/h6-9,17H,4-5,10-13H2,1-3H3. The molecule has 6 heteroatoms. The van der Waals surface area contributed by atoms with Crippen molar-refractivity contribution in [3.05, 3.63) is 24.3 Å². The first-order valence-electron chi connectivity index (χ1n) is 7.95. The largest absolute Gasteiger partial charge is 0.388 e. The molecular formula is C16H26N2O3S. The van der Waals surface area contributed by atoms with Crippen molar-refractivity contribution >= 4 is 15.7 Å². The number of nitrogens with one attached hydrogen (secondary N) is 1. The van der Waals surface area contributed by atoms with Gasteiger partial charge in [-0.1, -0.05) is 26.7 Å². The fourth-order valence-corrected chi connectivity index (χ4v) is 4.88. The molecule has 0 spiro atoms. The molecule has 0 atom stereocenters. The minimum atomic E-state index is -3.54. The Morgan fingerprint density at radius 1 is 1.18 bits per heavy atom. The maximum atomic E-state index is 13.0. The topological polar surface area (TPSA) is 58.6 Å². The average molecular weight is 326 g/mol. The van der Waals surface area contributed by atoms with Crippen molar-refractivity contribution in [3.8, 4) is 0 Å². The summed E-state index contributed by atoms with van der Waals surface area (Å²) in [5.74, 6) is 0. The van der Waals surface area contributed by atoms with Gasteiger partial charge in [0.1, 0.15) is 5.72 Å². The zero-order valence-corrected chi connectivity index (χ0v) is 14.4. The van der Waals surface area contributed by atoms with Crippen LogP contribution in [0.15, 0.2) is 29.2 Å². The molecule has 1 fully saturated rings. The van der Waals surface area contributed by atoms with E-state index in [4.69, 9.17) is 4.74 Å². The van der Waals surface area contributed by atoms with Crippen LogP contribution in [-0.2, 0) is 14.8 Å². The van der Waals surface area contributed by atoms with E-state index in [0.717, 1.165) is 31.4 Å². The molecule has 2 rings (SSSR count). The molecule has 0 saturated carbocycles. The van der Waals surface area contributed by atoms with Crippen molar-refractivity contribution in [3.63, 3.8) is 0 Å². The maximum Gasteiger partial charge on any atom is 0.245 e. The molecule has 0 radical (unpaired) electrons. The van der Waals surface area contributed by atoms with Crippen LogP contribution in [0.2, 0.25) is 0 Å². The zero-order chi connectivity index (χ0) is 16.2. The number of sulfonamides is 1. The van der Waals surface area contributed by atoms with E-state index in [2.05, 4.69) is 19.2 Å². The lowest BCUT2D eigenvalue weighted by molar-refractivity contribution is -0.0629. The third-order valence-corrected chi connectivity index (χ3v) is 6.10. The summed E-state index contributed by atoms with van der Waals surface area (Å²) >= 11 is 0. The van der Waals surface area contributed by atoms with Crippen LogP contribution in [0.3, 0.4) is 0 Å². The van der Waals surface area contributed by atoms with Crippen molar-refractivity contribution in [1.82, 2.24) is 4.31 Å². The molecule has 1 saturated heterocycles. The molecule has 0 bridgehead atoms. The Kier molecular flexibility index (Phi) is 5.47. The van der Waals surface area contributed by atoms with Gasteiger partial charge in [-0.3, -0.25) is 0 Å². The van der Waals surface area contributed by atoms with Crippen molar-refractivity contribution in [2.45, 2.75) is 50.2 Å². The van der Waals surface area contributed by atoms with E-state index >= 15 is 0 Å². The number of benzene rings is 1. The van der Waals surface area contributed by atoms with Gasteiger partial charge in [-0.2, -0.15) is 4.31 Å². The van der Waals surface area contributed by atoms with Gasteiger partial charge in [-0.15, -0.1) is 0 Å². The van der Waals surface area contributed by atoms with E-state index in [9.17, 15) is 8.42 Å². The third-order valence-electron chi connectivity index (χ3n) is 4.13. The van der Waals surface area contributed by atoms with Gasteiger partial charge in [0.05, 0.1) is 11.5 Å². The van der Waals surface area contributed by atoms with Gasteiger partial charge in [0.15, 0.2) is 0 Å². The highest BCUT2D eigenvalue weighted by molar-refractivity contribution is 7.89. The number of nitrogens with zero attached hydrogens (tertiary/aromatic N) is 1. The molecule has 1 N–H and O–H groups in total. The number of anilines is 1. The molecule has 0 unspecified atom stereocenters. The summed E-state index contributed by atoms with van der Waals surface area (Å²) in [5, 5.41) is 3.00. The Morgan fingerprint density at radius 2 is 1.77 bits per heavy atom. The number of hydrogen-bond acceptors (Lipinski definition) is 4. The second-order valence-corrected chi connectivity index (χ2v) is 7.51. The fraction of sp³-hybridized carbons (Fsp3) is 0.625. The summed E-state index contributed by atoms with van der Waals surface area (Å²) in [5.41, 5.74) is 0.217. The van der Waals surface area contributed by atoms with Gasteiger partial charge in [0.25, 0.3) is 0 Å². The first-order valence-corrected chi connectivity index (χ1v) is 9.39. The summed E-state index contributed by atoms with van der Waals surface area (Å²) in [6.45, 7) is 5.02. The van der Waals surface area contributed by atoms with E-state index in [0.29, 0.717) is 18.0 Å². The van der Waals surface area contributed by atoms with Crippen LogP contribution in [0, 0.1) is 0 Å². The lowest BCUT2D eigenvalue weighted by Gasteiger charge is -2.36. The van der Waals surface area contributed by atoms with E-state index in [1.54, 1.807) is 28.6 Å². The van der Waals surface area contributed by atoms with Crippen LogP contribution in [0.4, 0.5) is 5.69 Å². The Morgan fingerprint density at radius 3 is 2.27 bits per heavy atom. The fourth-order valence-electron chi connectivity index (χ4n) is 3.15. The lowest BCUT2D eigenvalue weighted by Crippen LogP contribution is -2.48. The van der Waals surface area contributed by atoms with E-state index in [1.807, 2.05) is 7.05 Å². The monoisotopic (exact) mass is 326 g/mol. The van der Waals surface area contributed by atoms with Gasteiger partial charge in [0.2, 0.25) is 10.0 Å². The molecule has 0 amide bonds. The van der Waals surface area contributed by atoms with Crippen LogP contribution in [-0.4, -0.2) is 38.6 Å². The minimum Gasteiger partial charge on any atom is -0.388 e. The van der Waals surface area contributed by atoms with E-state index < -0.39 is 15.7 Å². The van der Waals surface area contributed by atoms with E-state index in [-0.39, 0.29) is 0 Å². The molecule has 1 aliphatic rings. The second-order valence-electron chi connectivity index (χ2n) is 5.65. The molecule has 1 aromatic rings. The van der Waals surface area contributed by atoms with Crippen LogP contribution < -0.4 is 5.32 Å². The van der Waals surface area contributed by atoms with E-state index in [1.165, 1.54) is 0 Å². The normalized spacial score (nSPS) is 18.5. The number of rotatable bonds is 7. The Labute approximate surface area is 133 Å². The molecule has 0 aliphatic carbocycles. The third kappa shape index (κ3) is 3.14. The molecule has 22 heavy (non-hydrogen) atoms. The quantitative estimate of drug-likeness (QED) is 0.837. The Hall–Kier alpha value is -1.11. The second kappa shape index (κ2) is 6.98. The predicted octanol–water partition coefficient (Wildman–Crippen LogP) is 3.05. The van der Waals surface area contributed by atoms with Crippen LogP contribution in [0.5, 0.6) is 0 Å². The number of ether oxygens (including phenoxy) is 1. The highest BCUT2D eigenvalue weighted by Crippen LogP contribution is 2.37. The Bertz CT molecular complexity index is 578. The molecule has 0 aromatic heterocycles. The predicted molar refractivity (Wildman–Crippen MR) is 88.4 cm³/mol. The zero-order valence-electron chi connectivity index (χ0n) is 13.6. The summed E-state index contributed by atoms with van der Waals surface area (Å²) < 4.78 is 33.5. The lowest BCUT2D eigenvalue weighted by atomic mass is 10.0. The Balaban J connectivity index is 2.37. The highest BCUT2D eigenvalue weighted by Gasteiger charge is 2.47. The average Bonchev–Trinajstić information content (AvgIpc) is 2.92. The summed E-state index contributed by atoms with van der Waals surface area (Å²) in [7, 11) is -1.72. The molecule has 1 aromatic carbocycles. The number of hydrogen-bond donors (Lipinski definition) is 1. The van der Waals surface area contributed by atoms with Crippen molar-refractivity contribution in [2.75, 3.05) is 25.5 Å². The summed E-state index contributed by atoms with van der Waals surface area (Å²) in [6.07, 6.45) is 3.25. The van der Waals surface area contributed by atoms with Crippen LogP contribution in [0.25, 0.3) is 0 Å². The first-order chi connectivity index (χ1) is 10.5. The van der Waals surface area contributed by atoms with Gasteiger partial charge in [-0.25, -0.2) is 8.42 Å². The first kappa shape index (κ1) is 17.2. The van der Waals surface area contributed by atoms with Gasteiger partial charge in [-0.05, 0) is 37.1 Å². The van der Waals surface area contributed by atoms with Crippen LogP contribution in [0.1, 0.15) is 39.5 Å². The summed E-state index contributed by atoms with van der Waals surface area (Å²) in [4.78, 5) is 0.327. The molecule has 1 heterocycles. The maximum absolute atomic E-state index is 13.0. The van der Waals surface area contributed by atoms with Crippen molar-refractivity contribution in [2.24, 2.45) is 0 Å². The summed E-state index contributed by atoms with van der Waals surface area (Å²) in [6, 6.07) is 6.88. The van der Waals surface area contributed by atoms with Crippen molar-refractivity contribution in [1.29, 1.82) is 0 Å². The highest BCUT2D eigenvalue weighted by atomic mass is 32.2. The van der Waals surface area contributed by atoms with Gasteiger partial charge < -0.3 is 10.1 Å². The molecule has 5 nitrogen and oxygen atoms in total. The van der Waals surface area contributed by atoms with Gasteiger partial charge >= 0.3 is 0 Å². The van der Waals surface area contributed by atoms with Gasteiger partial charge in [0, 0.05) is 19.3 Å². The van der Waals surface area contributed by atoms with Crippen LogP contribution >= 0.6 is 0 Å². The SMILES string of the molecule is CCCC1(CCC)OCCN1S(=O)(=O)c1ccc(NC)cc1. The minimum absolute atomic E-state index is 0.327. The molecular weight excluding hydrogens is 300 g/mol. The smallest absolute Gasteiger partial charge is 0.245 e. The van der Waals surface area contributed by atoms with Crippen molar-refractivity contribution < 1.29 is 13.2 Å².